The highest BCUT2D eigenvalue weighted by atomic mass is 32.1. The summed E-state index contributed by atoms with van der Waals surface area (Å²) < 4.78 is 0. The number of carbonyl (C=O) groups excluding carboxylic acids is 1. The molecule has 96 valence electrons. The van der Waals surface area contributed by atoms with E-state index < -0.39 is 0 Å². The molecule has 0 radical (unpaired) electrons. The van der Waals surface area contributed by atoms with Gasteiger partial charge in [-0.1, -0.05) is 6.07 Å². The Balaban J connectivity index is 1.71. The van der Waals surface area contributed by atoms with Crippen molar-refractivity contribution in [1.29, 1.82) is 0 Å². The van der Waals surface area contributed by atoms with Crippen molar-refractivity contribution in [1.82, 2.24) is 14.9 Å². The van der Waals surface area contributed by atoms with Crippen molar-refractivity contribution in [2.75, 3.05) is 5.73 Å². The molecule has 3 heterocycles. The maximum Gasteiger partial charge on any atom is 0.247 e. The minimum absolute atomic E-state index is 0.0232. The molecule has 2 aromatic rings. The Hall–Kier alpha value is -2.21. The molecule has 3 rings (SSSR count). The van der Waals surface area contributed by atoms with Gasteiger partial charge in [-0.15, -0.1) is 11.3 Å². The molecule has 0 aliphatic carbocycles. The lowest BCUT2D eigenvalue weighted by Gasteiger charge is -2.11. The second-order valence-electron chi connectivity index (χ2n) is 4.24. The highest BCUT2D eigenvalue weighted by Crippen LogP contribution is 2.21. The first-order chi connectivity index (χ1) is 9.22. The van der Waals surface area contributed by atoms with Crippen LogP contribution in [-0.4, -0.2) is 20.8 Å². The highest BCUT2D eigenvalue weighted by Gasteiger charge is 2.23. The van der Waals surface area contributed by atoms with E-state index in [9.17, 15) is 4.79 Å². The molecular formula is C13H12N4OS. The van der Waals surface area contributed by atoms with E-state index in [4.69, 9.17) is 5.73 Å². The Morgan fingerprint density at radius 1 is 1.47 bits per heavy atom. The summed E-state index contributed by atoms with van der Waals surface area (Å²) in [5.41, 5.74) is 7.34. The molecular weight excluding hydrogens is 260 g/mol. The molecule has 6 heteroatoms. The van der Waals surface area contributed by atoms with E-state index in [2.05, 4.69) is 9.97 Å². The van der Waals surface area contributed by atoms with Crippen LogP contribution >= 0.6 is 11.3 Å². The van der Waals surface area contributed by atoms with Crippen molar-refractivity contribution in [2.24, 2.45) is 0 Å². The third kappa shape index (κ3) is 2.48. The van der Waals surface area contributed by atoms with Gasteiger partial charge in [0.05, 0.1) is 12.2 Å². The zero-order valence-corrected chi connectivity index (χ0v) is 10.9. The number of nitrogens with two attached hydrogens (primary N) is 1. The zero-order chi connectivity index (χ0) is 13.2. The Labute approximate surface area is 114 Å². The lowest BCUT2D eigenvalue weighted by atomic mass is 10.3. The van der Waals surface area contributed by atoms with Crippen molar-refractivity contribution >= 4 is 29.3 Å². The molecule has 5 nitrogen and oxygen atoms in total. The van der Waals surface area contributed by atoms with E-state index in [1.54, 1.807) is 28.5 Å². The summed E-state index contributed by atoms with van der Waals surface area (Å²) in [6.45, 7) is 1.04. The SMILES string of the molecule is Nc1ncc2c(n1)CN(C(=O)C=Cc1cccs1)C2. The third-order valence-electron chi connectivity index (χ3n) is 2.92. The first kappa shape index (κ1) is 11.9. The molecule has 0 atom stereocenters. The first-order valence-corrected chi connectivity index (χ1v) is 6.71. The maximum atomic E-state index is 12.1. The Kier molecular flexibility index (Phi) is 3.00. The number of hydrogen-bond acceptors (Lipinski definition) is 5. The monoisotopic (exact) mass is 272 g/mol. The quantitative estimate of drug-likeness (QED) is 0.844. The number of anilines is 1. The van der Waals surface area contributed by atoms with Gasteiger partial charge >= 0.3 is 0 Å². The van der Waals surface area contributed by atoms with Gasteiger partial charge in [0, 0.05) is 29.3 Å². The average molecular weight is 272 g/mol. The van der Waals surface area contributed by atoms with Crippen LogP contribution in [0, 0.1) is 0 Å². The lowest BCUT2D eigenvalue weighted by Crippen LogP contribution is -2.23. The Bertz CT molecular complexity index is 636. The van der Waals surface area contributed by atoms with Crippen LogP contribution in [0.3, 0.4) is 0 Å². The summed E-state index contributed by atoms with van der Waals surface area (Å²) in [6, 6.07) is 3.93. The number of carbonyl (C=O) groups is 1. The van der Waals surface area contributed by atoms with Crippen molar-refractivity contribution in [3.05, 3.63) is 45.9 Å². The van der Waals surface area contributed by atoms with Gasteiger partial charge in [0.15, 0.2) is 0 Å². The summed E-state index contributed by atoms with van der Waals surface area (Å²) in [6.07, 6.45) is 5.11. The molecule has 0 bridgehead atoms. The van der Waals surface area contributed by atoms with E-state index in [-0.39, 0.29) is 11.9 Å². The van der Waals surface area contributed by atoms with Gasteiger partial charge in [0.1, 0.15) is 0 Å². The van der Waals surface area contributed by atoms with E-state index >= 15 is 0 Å². The number of fused-ring (bicyclic) bond motifs is 1. The number of aromatic nitrogens is 2. The van der Waals surface area contributed by atoms with E-state index in [0.29, 0.717) is 13.1 Å². The number of hydrogen-bond donors (Lipinski definition) is 1. The average Bonchev–Trinajstić information content (AvgIpc) is 3.04. The predicted molar refractivity (Wildman–Crippen MR) is 74.1 cm³/mol. The van der Waals surface area contributed by atoms with Gasteiger partial charge in [-0.05, 0) is 17.5 Å². The molecule has 1 aliphatic rings. The van der Waals surface area contributed by atoms with Crippen LogP contribution in [0.1, 0.15) is 16.1 Å². The molecule has 2 N–H and O–H groups in total. The summed E-state index contributed by atoms with van der Waals surface area (Å²) >= 11 is 1.60. The fourth-order valence-corrected chi connectivity index (χ4v) is 2.59. The van der Waals surface area contributed by atoms with Crippen LogP contribution in [0.2, 0.25) is 0 Å². The maximum absolute atomic E-state index is 12.1. The van der Waals surface area contributed by atoms with Crippen molar-refractivity contribution < 1.29 is 4.79 Å². The van der Waals surface area contributed by atoms with Gasteiger partial charge < -0.3 is 10.6 Å². The predicted octanol–water partition coefficient (Wildman–Crippen LogP) is 1.68. The van der Waals surface area contributed by atoms with E-state index in [1.807, 2.05) is 23.6 Å². The van der Waals surface area contributed by atoms with Crippen molar-refractivity contribution in [2.45, 2.75) is 13.1 Å². The standard InChI is InChI=1S/C13H12N4OS/c14-13-15-6-9-7-17(8-11(9)16-13)12(18)4-3-10-2-1-5-19-10/h1-6H,7-8H2,(H2,14,15,16). The topological polar surface area (TPSA) is 72.1 Å². The molecule has 2 aromatic heterocycles. The van der Waals surface area contributed by atoms with Gasteiger partial charge in [-0.3, -0.25) is 4.79 Å². The van der Waals surface area contributed by atoms with Crippen LogP contribution in [0.15, 0.2) is 29.8 Å². The third-order valence-corrected chi connectivity index (χ3v) is 3.76. The molecule has 19 heavy (non-hydrogen) atoms. The highest BCUT2D eigenvalue weighted by molar-refractivity contribution is 7.10. The largest absolute Gasteiger partial charge is 0.368 e. The van der Waals surface area contributed by atoms with Crippen LogP contribution < -0.4 is 5.73 Å². The smallest absolute Gasteiger partial charge is 0.247 e. The number of nitrogen functional groups attached to an aromatic ring is 1. The summed E-state index contributed by atoms with van der Waals surface area (Å²) in [5.74, 6) is 0.229. The van der Waals surface area contributed by atoms with Gasteiger partial charge in [0.2, 0.25) is 11.9 Å². The zero-order valence-electron chi connectivity index (χ0n) is 10.1. The summed E-state index contributed by atoms with van der Waals surface area (Å²) in [4.78, 5) is 22.9. The van der Waals surface area contributed by atoms with Gasteiger partial charge in [0.25, 0.3) is 0 Å². The molecule has 1 amide bonds. The van der Waals surface area contributed by atoms with Gasteiger partial charge in [-0.2, -0.15) is 0 Å². The summed E-state index contributed by atoms with van der Waals surface area (Å²) in [5, 5.41) is 1.98. The van der Waals surface area contributed by atoms with Crippen LogP contribution in [-0.2, 0) is 17.9 Å². The van der Waals surface area contributed by atoms with Crippen LogP contribution in [0.4, 0.5) is 5.95 Å². The van der Waals surface area contributed by atoms with Crippen LogP contribution in [0.25, 0.3) is 6.08 Å². The minimum atomic E-state index is -0.0232. The number of rotatable bonds is 2. The number of amides is 1. The molecule has 1 aliphatic heterocycles. The molecule has 0 saturated carbocycles. The molecule has 0 spiro atoms. The van der Waals surface area contributed by atoms with E-state index in [1.165, 1.54) is 0 Å². The van der Waals surface area contributed by atoms with Crippen molar-refractivity contribution in [3.63, 3.8) is 0 Å². The number of nitrogens with zero attached hydrogens (tertiary/aromatic N) is 3. The molecule has 0 fully saturated rings. The fourth-order valence-electron chi connectivity index (χ4n) is 1.97. The Morgan fingerprint density at radius 3 is 3.16 bits per heavy atom. The van der Waals surface area contributed by atoms with Crippen molar-refractivity contribution in [3.8, 4) is 0 Å². The molecule has 0 aromatic carbocycles. The second-order valence-corrected chi connectivity index (χ2v) is 5.22. The summed E-state index contributed by atoms with van der Waals surface area (Å²) in [7, 11) is 0. The minimum Gasteiger partial charge on any atom is -0.368 e. The lowest BCUT2D eigenvalue weighted by molar-refractivity contribution is -0.126. The van der Waals surface area contributed by atoms with Crippen LogP contribution in [0.5, 0.6) is 0 Å². The van der Waals surface area contributed by atoms with Gasteiger partial charge in [-0.25, -0.2) is 9.97 Å². The van der Waals surface area contributed by atoms with E-state index in [0.717, 1.165) is 16.1 Å². The fraction of sp³-hybridized carbons (Fsp3) is 0.154. The number of thiophene rings is 1. The molecule has 0 saturated heterocycles. The Morgan fingerprint density at radius 2 is 2.37 bits per heavy atom. The first-order valence-electron chi connectivity index (χ1n) is 5.83. The second kappa shape index (κ2) is 4.81. The normalized spacial score (nSPS) is 14.0. The molecule has 0 unspecified atom stereocenters.